The fraction of sp³-hybridized carbons (Fsp3) is 0.720. The largest absolute Gasteiger partial charge is 0.446 e. The Hall–Kier alpha value is -2.99. The number of carbonyl (C=O) groups is 4. The number of aromatic nitrogens is 1. The number of ether oxygens (including phenoxy) is 1. The Bertz CT molecular complexity index is 942. The molecule has 1 saturated heterocycles. The van der Waals surface area contributed by atoms with E-state index in [4.69, 9.17) is 9.15 Å². The molecule has 5 N–H and O–H groups in total. The average molecular weight is 522 g/mol. The zero-order valence-electron chi connectivity index (χ0n) is 21.7. The third-order valence-corrected chi connectivity index (χ3v) is 6.57. The van der Waals surface area contributed by atoms with Crippen molar-refractivity contribution in [2.45, 2.75) is 83.5 Å². The number of nitrogens with one attached hydrogen (secondary N) is 4. The highest BCUT2D eigenvalue weighted by Gasteiger charge is 2.33. The molecular weight excluding hydrogens is 482 g/mol. The monoisotopic (exact) mass is 521 g/mol. The summed E-state index contributed by atoms with van der Waals surface area (Å²) in [6.07, 6.45) is 3.03. The van der Waals surface area contributed by atoms with Gasteiger partial charge in [0.15, 0.2) is 5.69 Å². The van der Waals surface area contributed by atoms with Gasteiger partial charge in [0, 0.05) is 25.7 Å². The quantitative estimate of drug-likeness (QED) is 0.374. The van der Waals surface area contributed by atoms with Crippen molar-refractivity contribution in [3.05, 3.63) is 17.8 Å². The second-order valence-corrected chi connectivity index (χ2v) is 10.2. The zero-order chi connectivity index (χ0) is 26.9. The molecule has 0 aliphatic carbocycles. The number of hydrogen-bond acceptors (Lipinski definition) is 8. The SMILES string of the molecule is CC(C)C[C@@H]1NC(=O)[C@H]([C@@H](C)O)NC(=O)[C@@H](NC(=O)C2CCOCC2)CCCCNC(=O)c2coc1n2. The van der Waals surface area contributed by atoms with Crippen LogP contribution in [0.4, 0.5) is 0 Å². The molecule has 0 radical (unpaired) electrons. The van der Waals surface area contributed by atoms with Crippen molar-refractivity contribution < 1.29 is 33.4 Å². The molecule has 2 bridgehead atoms. The van der Waals surface area contributed by atoms with Gasteiger partial charge in [-0.05, 0) is 51.4 Å². The van der Waals surface area contributed by atoms with Crippen LogP contribution in [0, 0.1) is 11.8 Å². The van der Waals surface area contributed by atoms with Crippen LogP contribution in [0.25, 0.3) is 0 Å². The summed E-state index contributed by atoms with van der Waals surface area (Å²) < 4.78 is 10.8. The minimum atomic E-state index is -1.27. The number of nitrogens with zero attached hydrogens (tertiary/aromatic N) is 1. The number of amides is 4. The highest BCUT2D eigenvalue weighted by atomic mass is 16.5. The van der Waals surface area contributed by atoms with Gasteiger partial charge in [0.1, 0.15) is 24.4 Å². The molecule has 1 aromatic heterocycles. The molecule has 12 nitrogen and oxygen atoms in total. The van der Waals surface area contributed by atoms with E-state index in [0.29, 0.717) is 58.3 Å². The molecule has 0 saturated carbocycles. The Kier molecular flexibility index (Phi) is 10.4. The van der Waals surface area contributed by atoms with Crippen molar-refractivity contribution in [1.82, 2.24) is 26.3 Å². The summed E-state index contributed by atoms with van der Waals surface area (Å²) in [6, 6.07) is -2.84. The molecule has 4 atom stereocenters. The first-order valence-electron chi connectivity index (χ1n) is 13.1. The first kappa shape index (κ1) is 28.6. The standard InChI is InChI=1S/C25H39N5O7/c1-14(2)12-18-25-29-19(13-37-25)22(33)26-9-5-4-6-17(27-21(32)16-7-10-36-11-8-16)23(34)30-20(15(3)31)24(35)28-18/h13-18,20,31H,4-12H2,1-3H3,(H,26,33)(H,27,32)(H,28,35)(H,30,34)/t15-,17+,18+,20+/m1/s1. The predicted octanol–water partition coefficient (Wildman–Crippen LogP) is 0.569. The highest BCUT2D eigenvalue weighted by molar-refractivity contribution is 5.93. The Labute approximate surface area is 216 Å². The lowest BCUT2D eigenvalue weighted by molar-refractivity contribution is -0.136. The summed E-state index contributed by atoms with van der Waals surface area (Å²) in [6.45, 7) is 6.65. The Balaban J connectivity index is 1.82. The van der Waals surface area contributed by atoms with Gasteiger partial charge in [-0.1, -0.05) is 13.8 Å². The van der Waals surface area contributed by atoms with Gasteiger partial charge in [-0.3, -0.25) is 19.2 Å². The Morgan fingerprint density at radius 2 is 1.84 bits per heavy atom. The van der Waals surface area contributed by atoms with Gasteiger partial charge in [-0.2, -0.15) is 0 Å². The number of aliphatic hydroxyl groups excluding tert-OH is 1. The van der Waals surface area contributed by atoms with Crippen LogP contribution in [-0.2, 0) is 19.1 Å². The number of fused-ring (bicyclic) bond motifs is 2. The van der Waals surface area contributed by atoms with Crippen molar-refractivity contribution in [1.29, 1.82) is 0 Å². The number of hydrogen-bond donors (Lipinski definition) is 5. The second kappa shape index (κ2) is 13.5. The Morgan fingerprint density at radius 3 is 2.51 bits per heavy atom. The van der Waals surface area contributed by atoms with Crippen molar-refractivity contribution in [2.75, 3.05) is 19.8 Å². The molecular formula is C25H39N5O7. The van der Waals surface area contributed by atoms with E-state index in [2.05, 4.69) is 26.3 Å². The van der Waals surface area contributed by atoms with Gasteiger partial charge in [0.25, 0.3) is 5.91 Å². The van der Waals surface area contributed by atoms with Gasteiger partial charge in [-0.25, -0.2) is 4.98 Å². The maximum atomic E-state index is 13.3. The zero-order valence-corrected chi connectivity index (χ0v) is 21.7. The fourth-order valence-electron chi connectivity index (χ4n) is 4.45. The summed E-state index contributed by atoms with van der Waals surface area (Å²) in [5.41, 5.74) is 0.104. The fourth-order valence-corrected chi connectivity index (χ4v) is 4.45. The van der Waals surface area contributed by atoms with E-state index < -0.39 is 42.0 Å². The number of rotatable bonds is 5. The normalized spacial score (nSPS) is 25.6. The second-order valence-electron chi connectivity index (χ2n) is 10.2. The van der Waals surface area contributed by atoms with Gasteiger partial charge in [-0.15, -0.1) is 0 Å². The van der Waals surface area contributed by atoms with Crippen molar-refractivity contribution in [3.8, 4) is 0 Å². The number of oxazole rings is 1. The van der Waals surface area contributed by atoms with Gasteiger partial charge >= 0.3 is 0 Å². The van der Waals surface area contributed by atoms with Crippen molar-refractivity contribution in [3.63, 3.8) is 0 Å². The van der Waals surface area contributed by atoms with Crippen LogP contribution in [0.1, 0.15) is 81.7 Å². The molecule has 1 aromatic rings. The molecule has 37 heavy (non-hydrogen) atoms. The van der Waals surface area contributed by atoms with Crippen LogP contribution < -0.4 is 21.3 Å². The topological polar surface area (TPSA) is 172 Å². The lowest BCUT2D eigenvalue weighted by atomic mass is 9.98. The molecule has 4 amide bonds. The molecule has 2 aliphatic rings. The molecule has 12 heteroatoms. The van der Waals surface area contributed by atoms with Crippen LogP contribution in [0.5, 0.6) is 0 Å². The Morgan fingerprint density at radius 1 is 1.11 bits per heavy atom. The van der Waals surface area contributed by atoms with E-state index in [1.165, 1.54) is 13.2 Å². The molecule has 1 fully saturated rings. The van der Waals surface area contributed by atoms with Crippen LogP contribution >= 0.6 is 0 Å². The molecule has 206 valence electrons. The van der Waals surface area contributed by atoms with Crippen LogP contribution in [0.2, 0.25) is 0 Å². The van der Waals surface area contributed by atoms with Crippen molar-refractivity contribution >= 4 is 23.6 Å². The van der Waals surface area contributed by atoms with Gasteiger partial charge < -0.3 is 35.5 Å². The van der Waals surface area contributed by atoms with E-state index in [1.807, 2.05) is 13.8 Å². The first-order valence-corrected chi connectivity index (χ1v) is 13.1. The minimum Gasteiger partial charge on any atom is -0.446 e. The molecule has 0 unspecified atom stereocenters. The highest BCUT2D eigenvalue weighted by Crippen LogP contribution is 2.22. The maximum absolute atomic E-state index is 13.3. The average Bonchev–Trinajstić information content (AvgIpc) is 3.35. The van der Waals surface area contributed by atoms with Crippen LogP contribution in [0.3, 0.4) is 0 Å². The predicted molar refractivity (Wildman–Crippen MR) is 132 cm³/mol. The lowest BCUT2D eigenvalue weighted by Gasteiger charge is -2.28. The van der Waals surface area contributed by atoms with Crippen LogP contribution in [-0.4, -0.2) is 71.7 Å². The minimum absolute atomic E-state index is 0.104. The smallest absolute Gasteiger partial charge is 0.273 e. The van der Waals surface area contributed by atoms with E-state index in [0.717, 1.165) is 0 Å². The maximum Gasteiger partial charge on any atom is 0.273 e. The summed E-state index contributed by atoms with van der Waals surface area (Å²) in [7, 11) is 0. The number of carbonyl (C=O) groups excluding carboxylic acids is 4. The first-order chi connectivity index (χ1) is 17.7. The third kappa shape index (κ3) is 8.26. The summed E-state index contributed by atoms with van der Waals surface area (Å²) >= 11 is 0. The van der Waals surface area contributed by atoms with E-state index in [1.54, 1.807) is 0 Å². The summed E-state index contributed by atoms with van der Waals surface area (Å²) in [4.78, 5) is 56.1. The summed E-state index contributed by atoms with van der Waals surface area (Å²) in [5, 5.41) is 21.4. The van der Waals surface area contributed by atoms with E-state index in [9.17, 15) is 24.3 Å². The third-order valence-electron chi connectivity index (χ3n) is 6.57. The van der Waals surface area contributed by atoms with E-state index >= 15 is 0 Å². The van der Waals surface area contributed by atoms with E-state index in [-0.39, 0.29) is 29.3 Å². The molecule has 3 rings (SSSR count). The molecule has 0 spiro atoms. The number of aliphatic hydroxyl groups is 1. The molecule has 3 heterocycles. The summed E-state index contributed by atoms with van der Waals surface area (Å²) in [5.74, 6) is -1.77. The van der Waals surface area contributed by atoms with Gasteiger partial charge in [0.2, 0.25) is 23.6 Å². The van der Waals surface area contributed by atoms with Crippen LogP contribution in [0.15, 0.2) is 10.7 Å². The van der Waals surface area contributed by atoms with Crippen molar-refractivity contribution in [2.24, 2.45) is 11.8 Å². The lowest BCUT2D eigenvalue weighted by Crippen LogP contribution is -2.58. The molecule has 0 aromatic carbocycles. The van der Waals surface area contributed by atoms with Gasteiger partial charge in [0.05, 0.1) is 6.10 Å². The molecule has 2 aliphatic heterocycles.